The average Bonchev–Trinajstić information content (AvgIpc) is 2.28. The highest BCUT2D eigenvalue weighted by Crippen LogP contribution is 2.22. The number of benzene rings is 1. The quantitative estimate of drug-likeness (QED) is 0.595. The van der Waals surface area contributed by atoms with Gasteiger partial charge in [-0.15, -0.1) is 0 Å². The van der Waals surface area contributed by atoms with Gasteiger partial charge in [-0.05, 0) is 48.1 Å². The lowest BCUT2D eigenvalue weighted by Crippen LogP contribution is -2.11. The molecule has 18 heavy (non-hydrogen) atoms. The number of hydrogen-bond acceptors (Lipinski definition) is 4. The van der Waals surface area contributed by atoms with E-state index in [0.29, 0.717) is 10.8 Å². The highest BCUT2D eigenvalue weighted by atomic mass is 32.2. The molecule has 0 heterocycles. The van der Waals surface area contributed by atoms with Crippen LogP contribution in [0, 0.1) is 6.92 Å². The van der Waals surface area contributed by atoms with Gasteiger partial charge in [0.05, 0.1) is 17.3 Å². The molecule has 0 aliphatic heterocycles. The lowest BCUT2D eigenvalue weighted by Gasteiger charge is -2.11. The van der Waals surface area contributed by atoms with Crippen molar-refractivity contribution in [2.45, 2.75) is 31.6 Å². The van der Waals surface area contributed by atoms with Gasteiger partial charge in [-0.1, -0.05) is 19.9 Å². The Bertz CT molecular complexity index is 493. The summed E-state index contributed by atoms with van der Waals surface area (Å²) in [7, 11) is -3.24. The molecule has 0 bridgehead atoms. The van der Waals surface area contributed by atoms with Crippen molar-refractivity contribution in [3.05, 3.63) is 29.3 Å². The second kappa shape index (κ2) is 6.59. The summed E-state index contributed by atoms with van der Waals surface area (Å²) in [6.45, 7) is 6.37. The van der Waals surface area contributed by atoms with E-state index in [9.17, 15) is 8.42 Å². The molecule has 1 aromatic rings. The smallest absolute Gasteiger partial charge is 0.180 e. The molecule has 5 heteroatoms. The first kappa shape index (κ1) is 15.5. The van der Waals surface area contributed by atoms with Crippen LogP contribution < -0.4 is 0 Å². The van der Waals surface area contributed by atoms with Crippen LogP contribution in [0.4, 0.5) is 0 Å². The van der Waals surface area contributed by atoms with Gasteiger partial charge >= 0.3 is 0 Å². The summed E-state index contributed by atoms with van der Waals surface area (Å²) in [6.07, 6.45) is 1.77. The van der Waals surface area contributed by atoms with Crippen LogP contribution in [0.5, 0.6) is 0 Å². The number of aryl methyl sites for hydroxylation is 1. The van der Waals surface area contributed by atoms with Crippen molar-refractivity contribution in [1.82, 2.24) is 0 Å². The Morgan fingerprint density at radius 3 is 2.50 bits per heavy atom. The molecule has 0 aliphatic carbocycles. The van der Waals surface area contributed by atoms with Crippen molar-refractivity contribution in [2.24, 2.45) is 0 Å². The molecule has 0 aromatic heterocycles. The Morgan fingerprint density at radius 1 is 1.33 bits per heavy atom. The molecule has 102 valence electrons. The van der Waals surface area contributed by atoms with Crippen molar-refractivity contribution in [3.63, 3.8) is 0 Å². The first-order chi connectivity index (χ1) is 8.38. The van der Waals surface area contributed by atoms with Crippen LogP contribution in [0.1, 0.15) is 30.9 Å². The van der Waals surface area contributed by atoms with Crippen LogP contribution in [0.15, 0.2) is 23.1 Å². The summed E-state index contributed by atoms with van der Waals surface area (Å²) >= 11 is 1.18. The van der Waals surface area contributed by atoms with E-state index in [1.807, 2.05) is 13.0 Å². The second-order valence-corrected chi connectivity index (χ2v) is 7.16. The summed E-state index contributed by atoms with van der Waals surface area (Å²) in [6, 6.07) is 5.35. The maximum atomic E-state index is 12.1. The monoisotopic (exact) mass is 288 g/mol. The minimum Gasteiger partial charge on any atom is -0.315 e. The lowest BCUT2D eigenvalue weighted by atomic mass is 9.98. The van der Waals surface area contributed by atoms with E-state index in [1.54, 1.807) is 18.4 Å². The SMILES string of the molecule is CSOCCS(=O)(=O)c1ccc(C(C)C)c(C)c1. The molecule has 0 aliphatic rings. The molecule has 0 spiro atoms. The third kappa shape index (κ3) is 4.00. The molecule has 0 N–H and O–H groups in total. The average molecular weight is 288 g/mol. The van der Waals surface area contributed by atoms with Crippen molar-refractivity contribution in [1.29, 1.82) is 0 Å². The molecule has 3 nitrogen and oxygen atoms in total. The fourth-order valence-corrected chi connectivity index (χ4v) is 3.36. The molecule has 0 saturated carbocycles. The highest BCUT2D eigenvalue weighted by Gasteiger charge is 2.16. The molecule has 1 aromatic carbocycles. The summed E-state index contributed by atoms with van der Waals surface area (Å²) in [5, 5.41) is 0. The van der Waals surface area contributed by atoms with Crippen LogP contribution in [-0.4, -0.2) is 27.0 Å². The Labute approximate surface area is 114 Å². The Kier molecular flexibility index (Phi) is 5.69. The molecule has 0 fully saturated rings. The summed E-state index contributed by atoms with van der Waals surface area (Å²) in [5.41, 5.74) is 2.21. The van der Waals surface area contributed by atoms with Gasteiger partial charge in [0.25, 0.3) is 0 Å². The van der Waals surface area contributed by atoms with Crippen molar-refractivity contribution >= 4 is 21.9 Å². The fraction of sp³-hybridized carbons (Fsp3) is 0.538. The van der Waals surface area contributed by atoms with Gasteiger partial charge in [-0.2, -0.15) is 0 Å². The molecule has 0 amide bonds. The van der Waals surface area contributed by atoms with E-state index in [-0.39, 0.29) is 12.4 Å². The zero-order chi connectivity index (χ0) is 13.8. The third-order valence-corrected chi connectivity index (χ3v) is 4.85. The number of rotatable bonds is 6. The van der Waals surface area contributed by atoms with Gasteiger partial charge in [0.2, 0.25) is 0 Å². The van der Waals surface area contributed by atoms with Crippen LogP contribution >= 0.6 is 12.0 Å². The van der Waals surface area contributed by atoms with Crippen molar-refractivity contribution in [2.75, 3.05) is 18.6 Å². The van der Waals surface area contributed by atoms with Gasteiger partial charge < -0.3 is 4.18 Å². The molecule has 0 atom stereocenters. The Morgan fingerprint density at radius 2 is 2.00 bits per heavy atom. The van der Waals surface area contributed by atoms with Crippen LogP contribution in [-0.2, 0) is 14.0 Å². The Hall–Kier alpha value is -0.520. The molecule has 0 radical (unpaired) electrons. The van der Waals surface area contributed by atoms with Crippen LogP contribution in [0.3, 0.4) is 0 Å². The van der Waals surface area contributed by atoms with E-state index in [2.05, 4.69) is 13.8 Å². The lowest BCUT2D eigenvalue weighted by molar-refractivity contribution is 0.403. The largest absolute Gasteiger partial charge is 0.315 e. The minimum absolute atomic E-state index is 0.0221. The van der Waals surface area contributed by atoms with Crippen molar-refractivity contribution in [3.8, 4) is 0 Å². The number of hydrogen-bond donors (Lipinski definition) is 0. The molecular formula is C13H20O3S2. The normalized spacial score (nSPS) is 12.1. The van der Waals surface area contributed by atoms with E-state index >= 15 is 0 Å². The predicted octanol–water partition coefficient (Wildman–Crippen LogP) is 3.19. The fourth-order valence-electron chi connectivity index (χ4n) is 1.83. The molecule has 1 rings (SSSR count). The molecule has 0 saturated heterocycles. The second-order valence-electron chi connectivity index (χ2n) is 4.48. The third-order valence-electron chi connectivity index (χ3n) is 2.78. The van der Waals surface area contributed by atoms with Gasteiger partial charge in [-0.25, -0.2) is 8.42 Å². The van der Waals surface area contributed by atoms with Gasteiger partial charge in [0, 0.05) is 6.26 Å². The topological polar surface area (TPSA) is 43.4 Å². The highest BCUT2D eigenvalue weighted by molar-refractivity contribution is 7.94. The van der Waals surface area contributed by atoms with Gasteiger partial charge in [0.15, 0.2) is 9.84 Å². The standard InChI is InChI=1S/C13H20O3S2/c1-10(2)13-6-5-12(9-11(13)3)18(14,15)8-7-16-17-4/h5-6,9-10H,7-8H2,1-4H3. The van der Waals surface area contributed by atoms with Gasteiger partial charge in [0.1, 0.15) is 0 Å². The molecular weight excluding hydrogens is 268 g/mol. The zero-order valence-electron chi connectivity index (χ0n) is 11.3. The van der Waals surface area contributed by atoms with Gasteiger partial charge in [-0.3, -0.25) is 0 Å². The van der Waals surface area contributed by atoms with E-state index in [0.717, 1.165) is 5.56 Å². The summed E-state index contributed by atoms with van der Waals surface area (Å²) < 4.78 is 29.1. The maximum absolute atomic E-state index is 12.1. The minimum atomic E-state index is -3.24. The summed E-state index contributed by atoms with van der Waals surface area (Å²) in [5.74, 6) is 0.426. The molecule has 0 unspecified atom stereocenters. The van der Waals surface area contributed by atoms with E-state index in [1.165, 1.54) is 17.6 Å². The van der Waals surface area contributed by atoms with Crippen LogP contribution in [0.25, 0.3) is 0 Å². The first-order valence-electron chi connectivity index (χ1n) is 5.87. The van der Waals surface area contributed by atoms with E-state index in [4.69, 9.17) is 4.18 Å². The first-order valence-corrected chi connectivity index (χ1v) is 8.67. The number of sulfone groups is 1. The predicted molar refractivity (Wildman–Crippen MR) is 76.8 cm³/mol. The summed E-state index contributed by atoms with van der Waals surface area (Å²) in [4.78, 5) is 0.383. The Balaban J connectivity index is 2.93. The van der Waals surface area contributed by atoms with E-state index < -0.39 is 9.84 Å². The maximum Gasteiger partial charge on any atom is 0.180 e. The van der Waals surface area contributed by atoms with Crippen LogP contribution in [0.2, 0.25) is 0 Å². The zero-order valence-corrected chi connectivity index (χ0v) is 12.9. The van der Waals surface area contributed by atoms with Crippen molar-refractivity contribution < 1.29 is 12.6 Å².